The van der Waals surface area contributed by atoms with Crippen LogP contribution in [0, 0.1) is 6.92 Å². The topological polar surface area (TPSA) is 40.5 Å². The highest BCUT2D eigenvalue weighted by Gasteiger charge is 2.26. The lowest BCUT2D eigenvalue weighted by Crippen LogP contribution is -2.24. The molecule has 0 atom stereocenters. The SMILES string of the molecule is Cc1ccc(C(C)C)c(O)c1C(C)(C)CO. The molecular formula is C14H22O2. The molecule has 2 heteroatoms. The van der Waals surface area contributed by atoms with Crippen molar-refractivity contribution in [3.05, 3.63) is 28.8 Å². The fourth-order valence-corrected chi connectivity index (χ4v) is 2.11. The first-order valence-electron chi connectivity index (χ1n) is 5.75. The van der Waals surface area contributed by atoms with Crippen LogP contribution in [-0.4, -0.2) is 16.8 Å². The molecule has 0 fully saturated rings. The standard InChI is InChI=1S/C14H22O2/c1-9(2)11-7-6-10(3)12(13(11)16)14(4,5)8-15/h6-7,9,15-16H,8H2,1-5H3. The molecule has 0 bridgehead atoms. The summed E-state index contributed by atoms with van der Waals surface area (Å²) < 4.78 is 0. The third-order valence-corrected chi connectivity index (χ3v) is 3.11. The maximum absolute atomic E-state index is 10.3. The summed E-state index contributed by atoms with van der Waals surface area (Å²) in [5, 5.41) is 19.7. The summed E-state index contributed by atoms with van der Waals surface area (Å²) in [5.74, 6) is 0.628. The number of hydrogen-bond acceptors (Lipinski definition) is 2. The van der Waals surface area contributed by atoms with E-state index in [1.54, 1.807) is 0 Å². The van der Waals surface area contributed by atoms with Crippen molar-refractivity contribution in [1.29, 1.82) is 0 Å². The van der Waals surface area contributed by atoms with Gasteiger partial charge in [-0.05, 0) is 24.0 Å². The smallest absolute Gasteiger partial charge is 0.123 e. The van der Waals surface area contributed by atoms with Crippen LogP contribution >= 0.6 is 0 Å². The minimum atomic E-state index is -0.404. The predicted molar refractivity (Wildman–Crippen MR) is 67.0 cm³/mol. The van der Waals surface area contributed by atoms with Crippen molar-refractivity contribution in [3.63, 3.8) is 0 Å². The van der Waals surface area contributed by atoms with Crippen molar-refractivity contribution in [1.82, 2.24) is 0 Å². The Bertz CT molecular complexity index is 379. The van der Waals surface area contributed by atoms with Crippen LogP contribution in [0.3, 0.4) is 0 Å². The van der Waals surface area contributed by atoms with E-state index in [0.717, 1.165) is 16.7 Å². The molecule has 1 aromatic rings. The molecule has 0 heterocycles. The highest BCUT2D eigenvalue weighted by Crippen LogP contribution is 2.38. The average Bonchev–Trinajstić information content (AvgIpc) is 2.16. The lowest BCUT2D eigenvalue weighted by atomic mass is 9.80. The van der Waals surface area contributed by atoms with E-state index in [1.807, 2.05) is 32.9 Å². The summed E-state index contributed by atoms with van der Waals surface area (Å²) >= 11 is 0. The predicted octanol–water partition coefficient (Wildman–Crippen LogP) is 3.09. The van der Waals surface area contributed by atoms with E-state index in [2.05, 4.69) is 13.8 Å². The van der Waals surface area contributed by atoms with Crippen LogP contribution in [0.4, 0.5) is 0 Å². The van der Waals surface area contributed by atoms with E-state index in [9.17, 15) is 10.2 Å². The zero-order valence-electron chi connectivity index (χ0n) is 10.8. The number of aryl methyl sites for hydroxylation is 1. The molecule has 0 aromatic heterocycles. The van der Waals surface area contributed by atoms with Crippen molar-refractivity contribution in [3.8, 4) is 5.75 Å². The average molecular weight is 222 g/mol. The van der Waals surface area contributed by atoms with Gasteiger partial charge in [0.1, 0.15) is 5.75 Å². The Labute approximate surface area is 97.9 Å². The first kappa shape index (κ1) is 13.0. The Morgan fingerprint density at radius 1 is 1.25 bits per heavy atom. The molecule has 0 aliphatic carbocycles. The molecule has 0 amide bonds. The Morgan fingerprint density at radius 2 is 1.81 bits per heavy atom. The third kappa shape index (κ3) is 2.22. The van der Waals surface area contributed by atoms with E-state index in [4.69, 9.17) is 0 Å². The van der Waals surface area contributed by atoms with E-state index >= 15 is 0 Å². The fourth-order valence-electron chi connectivity index (χ4n) is 2.11. The molecule has 0 saturated heterocycles. The summed E-state index contributed by atoms with van der Waals surface area (Å²) in [4.78, 5) is 0. The van der Waals surface area contributed by atoms with Crippen LogP contribution in [0.15, 0.2) is 12.1 Å². The molecule has 1 aromatic carbocycles. The Hall–Kier alpha value is -1.02. The van der Waals surface area contributed by atoms with Crippen LogP contribution in [0.25, 0.3) is 0 Å². The largest absolute Gasteiger partial charge is 0.507 e. The molecular weight excluding hydrogens is 200 g/mol. The molecule has 2 N–H and O–H groups in total. The van der Waals surface area contributed by atoms with E-state index in [0.29, 0.717) is 5.75 Å². The van der Waals surface area contributed by atoms with Gasteiger partial charge in [0.15, 0.2) is 0 Å². The first-order chi connectivity index (χ1) is 7.31. The minimum absolute atomic E-state index is 0.0307. The summed E-state index contributed by atoms with van der Waals surface area (Å²) in [6.45, 7) is 10.00. The van der Waals surface area contributed by atoms with Gasteiger partial charge >= 0.3 is 0 Å². The van der Waals surface area contributed by atoms with Gasteiger partial charge in [0.2, 0.25) is 0 Å². The van der Waals surface area contributed by atoms with Crippen LogP contribution in [0.5, 0.6) is 5.75 Å². The fraction of sp³-hybridized carbons (Fsp3) is 0.571. The minimum Gasteiger partial charge on any atom is -0.507 e. The highest BCUT2D eigenvalue weighted by atomic mass is 16.3. The van der Waals surface area contributed by atoms with Crippen molar-refractivity contribution >= 4 is 0 Å². The number of aromatic hydroxyl groups is 1. The van der Waals surface area contributed by atoms with Gasteiger partial charge in [0.25, 0.3) is 0 Å². The van der Waals surface area contributed by atoms with Crippen LogP contribution in [0.1, 0.15) is 50.3 Å². The van der Waals surface area contributed by atoms with Gasteiger partial charge < -0.3 is 10.2 Å². The van der Waals surface area contributed by atoms with E-state index in [1.165, 1.54) is 0 Å². The van der Waals surface area contributed by atoms with Crippen molar-refractivity contribution in [2.24, 2.45) is 0 Å². The number of benzene rings is 1. The van der Waals surface area contributed by atoms with Crippen molar-refractivity contribution < 1.29 is 10.2 Å². The lowest BCUT2D eigenvalue weighted by molar-refractivity contribution is 0.214. The summed E-state index contributed by atoms with van der Waals surface area (Å²) in [6, 6.07) is 3.98. The Morgan fingerprint density at radius 3 is 2.25 bits per heavy atom. The summed E-state index contributed by atoms with van der Waals surface area (Å²) in [5.41, 5.74) is 2.43. The summed E-state index contributed by atoms with van der Waals surface area (Å²) in [7, 11) is 0. The van der Waals surface area contributed by atoms with E-state index < -0.39 is 5.41 Å². The van der Waals surface area contributed by atoms with Crippen LogP contribution in [-0.2, 0) is 5.41 Å². The quantitative estimate of drug-likeness (QED) is 0.825. The first-order valence-corrected chi connectivity index (χ1v) is 5.75. The zero-order chi connectivity index (χ0) is 12.5. The molecule has 2 nitrogen and oxygen atoms in total. The monoisotopic (exact) mass is 222 g/mol. The maximum atomic E-state index is 10.3. The summed E-state index contributed by atoms with van der Waals surface area (Å²) in [6.07, 6.45) is 0. The highest BCUT2D eigenvalue weighted by molar-refractivity contribution is 5.50. The van der Waals surface area contributed by atoms with Gasteiger partial charge in [-0.1, -0.05) is 39.8 Å². The maximum Gasteiger partial charge on any atom is 0.123 e. The number of phenols is 1. The van der Waals surface area contributed by atoms with Crippen LogP contribution in [0.2, 0.25) is 0 Å². The molecule has 1 rings (SSSR count). The number of rotatable bonds is 3. The van der Waals surface area contributed by atoms with Gasteiger partial charge in [-0.3, -0.25) is 0 Å². The molecule has 0 aliphatic heterocycles. The third-order valence-electron chi connectivity index (χ3n) is 3.11. The molecule has 0 unspecified atom stereocenters. The van der Waals surface area contributed by atoms with Gasteiger partial charge in [-0.25, -0.2) is 0 Å². The lowest BCUT2D eigenvalue weighted by Gasteiger charge is -2.27. The van der Waals surface area contributed by atoms with Crippen molar-refractivity contribution in [2.75, 3.05) is 6.61 Å². The number of phenolic OH excluding ortho intramolecular Hbond substituents is 1. The molecule has 90 valence electrons. The second kappa shape index (κ2) is 4.46. The number of aliphatic hydroxyl groups is 1. The Kier molecular flexibility index (Phi) is 3.64. The normalized spacial score (nSPS) is 12.2. The van der Waals surface area contributed by atoms with Gasteiger partial charge in [-0.2, -0.15) is 0 Å². The second-order valence-electron chi connectivity index (χ2n) is 5.39. The van der Waals surface area contributed by atoms with Crippen molar-refractivity contribution in [2.45, 2.75) is 46.0 Å². The van der Waals surface area contributed by atoms with Gasteiger partial charge in [0, 0.05) is 11.0 Å². The van der Waals surface area contributed by atoms with Gasteiger partial charge in [0.05, 0.1) is 6.61 Å². The van der Waals surface area contributed by atoms with E-state index in [-0.39, 0.29) is 12.5 Å². The second-order valence-corrected chi connectivity index (χ2v) is 5.39. The zero-order valence-corrected chi connectivity index (χ0v) is 10.8. The number of hydrogen-bond donors (Lipinski definition) is 2. The van der Waals surface area contributed by atoms with Crippen LogP contribution < -0.4 is 0 Å². The molecule has 16 heavy (non-hydrogen) atoms. The Balaban J connectivity index is 3.43. The number of aliphatic hydroxyl groups excluding tert-OH is 1. The molecule has 0 spiro atoms. The van der Waals surface area contributed by atoms with Gasteiger partial charge in [-0.15, -0.1) is 0 Å². The molecule has 0 radical (unpaired) electrons. The molecule has 0 aliphatic rings. The molecule has 0 saturated carbocycles.